The van der Waals surface area contributed by atoms with Crippen LogP contribution in [0, 0.1) is 0 Å². The average molecular weight is 2090 g/mol. The number of carbonyl (C=O) groups excluding carboxylic acids is 10. The van der Waals surface area contributed by atoms with Gasteiger partial charge in [-0.25, -0.2) is 0 Å². The Morgan fingerprint density at radius 2 is 0.423 bits per heavy atom. The first-order valence-electron chi connectivity index (χ1n) is 51.8. The lowest BCUT2D eigenvalue weighted by molar-refractivity contribution is -0.138. The first-order chi connectivity index (χ1) is 70.9. The van der Waals surface area contributed by atoms with E-state index in [9.17, 15) is 57.5 Å². The number of aliphatic hydroxyl groups excluding tert-OH is 6. The minimum Gasteiger partial charge on any atom is -0.481 e. The van der Waals surface area contributed by atoms with E-state index < -0.39 is 24.1 Å². The van der Waals surface area contributed by atoms with Gasteiger partial charge in [-0.3, -0.25) is 57.5 Å². The summed E-state index contributed by atoms with van der Waals surface area (Å²) in [7, 11) is 0. The minimum atomic E-state index is -0.773. The van der Waals surface area contributed by atoms with Crippen LogP contribution in [0.2, 0.25) is 0 Å². The van der Waals surface area contributed by atoms with Crippen LogP contribution < -0.4 is 0 Å². The van der Waals surface area contributed by atoms with E-state index in [-0.39, 0.29) is 98.3 Å². The summed E-state index contributed by atoms with van der Waals surface area (Å²) in [6.45, 7) is 97.2. The first-order valence-corrected chi connectivity index (χ1v) is 51.8. The summed E-state index contributed by atoms with van der Waals surface area (Å²) in [6, 6.07) is 0. The van der Waals surface area contributed by atoms with Gasteiger partial charge in [-0.1, -0.05) is 293 Å². The van der Waals surface area contributed by atoms with E-state index in [0.29, 0.717) is 159 Å². The van der Waals surface area contributed by atoms with Crippen LogP contribution in [-0.4, -0.2) is 330 Å². The molecule has 0 aromatic carbocycles. The summed E-state index contributed by atoms with van der Waals surface area (Å²) in [4.78, 5) is 151. The maximum absolute atomic E-state index is 11.9. The number of rotatable bonds is 78. The molecule has 30 heteroatoms. The number of amides is 10. The highest BCUT2D eigenvalue weighted by atomic mass is 16.4. The van der Waals surface area contributed by atoms with Gasteiger partial charge in [0.05, 0.1) is 38.6 Å². The maximum Gasteiger partial charge on any atom is 0.303 e. The van der Waals surface area contributed by atoms with Crippen molar-refractivity contribution in [3.8, 4) is 0 Å². The van der Waals surface area contributed by atoms with E-state index in [2.05, 4.69) is 145 Å². The molecule has 0 aromatic heterocycles. The highest BCUT2D eigenvalue weighted by molar-refractivity contribution is 5.95. The summed E-state index contributed by atoms with van der Waals surface area (Å²) in [6.07, 6.45) is 60.0. The topological polar surface area (TPSA) is 399 Å². The molecule has 0 aliphatic heterocycles. The van der Waals surface area contributed by atoms with Crippen LogP contribution in [0.25, 0.3) is 0 Å². The van der Waals surface area contributed by atoms with Crippen molar-refractivity contribution in [1.82, 2.24) is 49.0 Å². The van der Waals surface area contributed by atoms with E-state index in [1.807, 2.05) is 9.80 Å². The highest BCUT2D eigenvalue weighted by Crippen LogP contribution is 2.15. The second kappa shape index (κ2) is 116. The Morgan fingerprint density at radius 1 is 0.235 bits per heavy atom. The normalized spacial score (nSPS) is 10.2. The van der Waals surface area contributed by atoms with Gasteiger partial charge in [0.1, 0.15) is 0 Å². The van der Waals surface area contributed by atoms with Crippen molar-refractivity contribution in [3.63, 3.8) is 0 Å². The van der Waals surface area contributed by atoms with Crippen molar-refractivity contribution in [2.45, 2.75) is 254 Å². The third-order valence-electron chi connectivity index (χ3n) is 20.3. The van der Waals surface area contributed by atoms with Crippen LogP contribution >= 0.6 is 0 Å². The van der Waals surface area contributed by atoms with Crippen molar-refractivity contribution in [2.24, 2.45) is 0 Å². The largest absolute Gasteiger partial charge is 0.481 e. The monoisotopic (exact) mass is 2090 g/mol. The van der Waals surface area contributed by atoms with Crippen molar-refractivity contribution < 1.29 is 98.4 Å². The molecule has 30 nitrogen and oxygen atoms in total. The molecule has 0 heterocycles. The van der Waals surface area contributed by atoms with Gasteiger partial charge in [-0.05, 0) is 117 Å². The molecule has 0 radical (unpaired) electrons. The Hall–Kier alpha value is -12.3. The van der Waals surface area contributed by atoms with Gasteiger partial charge < -0.3 is 89.9 Å². The molecular weight excluding hydrogens is 1890 g/mol. The third kappa shape index (κ3) is 105. The highest BCUT2D eigenvalue weighted by Gasteiger charge is 2.19. The Kier molecular flexibility index (Phi) is 122. The number of nitrogens with zero attached hydrogens (tertiary/aromatic N) is 10. The van der Waals surface area contributed by atoms with E-state index in [0.717, 1.165) is 51.6 Å². The number of carboxylic acid groups (broad SMARTS) is 2. The van der Waals surface area contributed by atoms with Gasteiger partial charge in [0.15, 0.2) is 0 Å². The molecule has 0 spiro atoms. The fourth-order valence-electron chi connectivity index (χ4n) is 12.8. The van der Waals surface area contributed by atoms with E-state index in [1.54, 1.807) is 153 Å². The average Bonchev–Trinajstić information content (AvgIpc) is 0.918. The second-order valence-corrected chi connectivity index (χ2v) is 34.5. The van der Waals surface area contributed by atoms with Gasteiger partial charge in [0, 0.05) is 172 Å². The molecule has 0 aliphatic rings. The minimum absolute atomic E-state index is 0.00971. The summed E-state index contributed by atoms with van der Waals surface area (Å²) in [5, 5.41) is 69.3. The lowest BCUT2D eigenvalue weighted by Crippen LogP contribution is -2.36. The molecule has 2 atom stereocenters. The van der Waals surface area contributed by atoms with Gasteiger partial charge in [-0.15, -0.1) is 65.8 Å². The number of hydrogen-bond acceptors (Lipinski definition) is 18. The molecule has 149 heavy (non-hydrogen) atoms. The molecule has 10 amide bonds. The molecule has 8 N–H and O–H groups in total. The number of carboxylic acids is 2. The van der Waals surface area contributed by atoms with Gasteiger partial charge in [0.25, 0.3) is 0 Å². The second-order valence-electron chi connectivity index (χ2n) is 34.5. The smallest absolute Gasteiger partial charge is 0.303 e. The molecule has 846 valence electrons. The van der Waals surface area contributed by atoms with Gasteiger partial charge in [-0.2, -0.15) is 0 Å². The Labute approximate surface area is 900 Å². The van der Waals surface area contributed by atoms with E-state index in [1.165, 1.54) is 166 Å². The zero-order valence-corrected chi connectivity index (χ0v) is 93.5. The molecule has 0 aromatic rings. The molecule has 0 saturated heterocycles. The van der Waals surface area contributed by atoms with Crippen LogP contribution in [0.15, 0.2) is 275 Å². The third-order valence-corrected chi connectivity index (χ3v) is 20.3. The molecular formula is C119H200N10O20. The van der Waals surface area contributed by atoms with Crippen LogP contribution in [0.4, 0.5) is 0 Å². The lowest BCUT2D eigenvalue weighted by Gasteiger charge is -2.22. The molecule has 0 bridgehead atoms. The fourth-order valence-corrected chi connectivity index (χ4v) is 12.8. The number of carbonyl (C=O) groups is 12. The summed E-state index contributed by atoms with van der Waals surface area (Å²) in [5.74, 6) is -2.52. The fraction of sp³-hybridized carbons (Fsp3) is 0.529. The zero-order chi connectivity index (χ0) is 116. The number of hydrogen-bond donors (Lipinski definition) is 8. The predicted octanol–water partition coefficient (Wildman–Crippen LogP) is 18.8. The van der Waals surface area contributed by atoms with E-state index in [4.69, 9.17) is 40.9 Å². The molecule has 0 saturated carbocycles. The summed E-state index contributed by atoms with van der Waals surface area (Å²) < 4.78 is 0. The van der Waals surface area contributed by atoms with E-state index >= 15 is 0 Å². The quantitative estimate of drug-likeness (QED) is 0.0159. The molecule has 0 fully saturated rings. The predicted molar refractivity (Wildman–Crippen MR) is 619 cm³/mol. The summed E-state index contributed by atoms with van der Waals surface area (Å²) in [5.41, 5.74) is 2.58. The molecule has 0 rings (SSSR count). The Bertz CT molecular complexity index is 3910. The molecule has 0 aliphatic carbocycles. The van der Waals surface area contributed by atoms with Crippen LogP contribution in [-0.2, 0) is 57.5 Å². The van der Waals surface area contributed by atoms with Crippen LogP contribution in [0.3, 0.4) is 0 Å². The van der Waals surface area contributed by atoms with Crippen LogP contribution in [0.5, 0.6) is 0 Å². The van der Waals surface area contributed by atoms with Crippen molar-refractivity contribution >= 4 is 71.0 Å². The number of aliphatic carboxylic acids is 2. The molecule has 2 unspecified atom stereocenters. The lowest BCUT2D eigenvalue weighted by atomic mass is 10.1. The van der Waals surface area contributed by atoms with Crippen molar-refractivity contribution in [2.75, 3.05) is 157 Å². The van der Waals surface area contributed by atoms with Gasteiger partial charge in [0.2, 0.25) is 59.1 Å². The Morgan fingerprint density at radius 3 is 0.678 bits per heavy atom. The number of aliphatic hydroxyl groups is 6. The maximum atomic E-state index is 11.9. The summed E-state index contributed by atoms with van der Waals surface area (Å²) >= 11 is 0. The first kappa shape index (κ1) is 157. The van der Waals surface area contributed by atoms with Crippen LogP contribution in [0.1, 0.15) is 242 Å². The SMILES string of the molecule is C=CCN(C/C=C/CO)C(=O)C(=C)C.C=CCN(C/C=C/CO)C(=O)C=C.C=CCN(CC(C)O)C(=O)C(=C)C.C=CCN(CC(C)O)C(=O)C=C.C=CCN(CCCCCC(=O)O)C(=O)C(=C)C.C=CCN(CCCCCC(=O)O)C(=O)C=C.C=CCN(CCCCCCCCCCCC)C(=O)C(=C)C.C=CCN(CCCCCCCCCCCC)C(=O)C=C.C=CCN(CCO)C(=O)C(=C)C.C=CCN(CCO)C(=O)C=C. The van der Waals surface area contributed by atoms with Gasteiger partial charge >= 0.3 is 11.9 Å². The van der Waals surface area contributed by atoms with Crippen molar-refractivity contribution in [1.29, 1.82) is 0 Å². The zero-order valence-electron chi connectivity index (χ0n) is 93.5. The number of unbranched alkanes of at least 4 members (excludes halogenated alkanes) is 22. The Balaban J connectivity index is -0.000000181. The van der Waals surface area contributed by atoms with Crippen molar-refractivity contribution in [3.05, 3.63) is 275 Å². The standard InChI is InChI=1S/C19H35NO.C18H33NO.C13H21NO3.C12H19NO3.C11H17NO2.C10H17NO2.C10H15NO2.2C9H15NO2.C8H13NO2/c1-5-7-8-9-10-11-12-13-14-15-17-20(16-6-2)19(21)18(3)4;1-4-7-8-9-10-11-12-13-14-15-17-19(16-5-2)18(20)6-3;1-4-9-14(13(17)11(2)3)10-7-5-6-8-12(15)16;1-3-9-13(11(14)4-2)10-7-5-6-8-12(15)16;1-4-7-12(8-5-6-9-13)11(14)10(2)3;1-5-6-11(7-9(4)12)10(13)8(2)3;1-3-7-11(10(13)4-2)8-5-6-9-12;1-4-5-10(6-7-11)9(12)8(2)3;1-4-6-10(7-8(3)11)9(12)5-2;1-3-5-9(6-7-10)8(11)4-2/h6H,2-3,5,7-17H2,1,4H3;5-6H,2-4,7-17H2,1H3;4H,1-2,5-10H2,3H3,(H,15,16);3-4H,1-2,5-10H2,(H,15,16);4-6,13H,1-2,7-9H2,3H3;5,9,12H,1-2,6-7H2,3-4H3;3-6,12H,1-2,7-9H2;4,11H,1-2,5-7H2,3H3;4-5,8,11H,1-2,6-7H2,3H3;3-4,10H,1-2,5-7H2/b;;;;6-5+;;6-5+;;;.